The van der Waals surface area contributed by atoms with Gasteiger partial charge in [0.15, 0.2) is 0 Å². The van der Waals surface area contributed by atoms with Crippen molar-refractivity contribution in [2.45, 2.75) is 20.3 Å². The number of nitrogens with one attached hydrogen (secondary N) is 2. The van der Waals surface area contributed by atoms with Crippen LogP contribution in [-0.4, -0.2) is 11.8 Å². The first kappa shape index (κ1) is 10.7. The van der Waals surface area contributed by atoms with E-state index in [0.717, 1.165) is 16.9 Å². The van der Waals surface area contributed by atoms with E-state index in [1.54, 1.807) is 6.07 Å². The lowest BCUT2D eigenvalue weighted by Gasteiger charge is -2.08. The molecule has 0 atom stereocenters. The summed E-state index contributed by atoms with van der Waals surface area (Å²) < 4.78 is 0. The average molecular weight is 218 g/mol. The molecular formula is C12H14N2O2. The van der Waals surface area contributed by atoms with Crippen LogP contribution in [0, 0.1) is 5.92 Å². The van der Waals surface area contributed by atoms with Crippen LogP contribution in [0.4, 0.5) is 11.4 Å². The largest absolute Gasteiger partial charge is 0.326 e. The summed E-state index contributed by atoms with van der Waals surface area (Å²) in [5.41, 5.74) is 2.52. The summed E-state index contributed by atoms with van der Waals surface area (Å²) in [5.74, 6) is -0.0624. The molecule has 1 aromatic rings. The number of rotatable bonds is 2. The third kappa shape index (κ3) is 2.05. The van der Waals surface area contributed by atoms with Gasteiger partial charge in [0.2, 0.25) is 11.8 Å². The van der Waals surface area contributed by atoms with Gasteiger partial charge >= 0.3 is 0 Å². The Morgan fingerprint density at radius 1 is 1.44 bits per heavy atom. The van der Waals surface area contributed by atoms with Gasteiger partial charge in [-0.15, -0.1) is 0 Å². The molecule has 1 aromatic carbocycles. The van der Waals surface area contributed by atoms with E-state index >= 15 is 0 Å². The summed E-state index contributed by atoms with van der Waals surface area (Å²) in [7, 11) is 0. The van der Waals surface area contributed by atoms with Crippen LogP contribution in [0.25, 0.3) is 0 Å². The molecule has 0 radical (unpaired) electrons. The quantitative estimate of drug-likeness (QED) is 0.794. The van der Waals surface area contributed by atoms with Crippen LogP contribution < -0.4 is 10.6 Å². The molecule has 4 nitrogen and oxygen atoms in total. The molecule has 0 saturated heterocycles. The Morgan fingerprint density at radius 2 is 2.19 bits per heavy atom. The summed E-state index contributed by atoms with van der Waals surface area (Å²) in [6, 6.07) is 5.45. The van der Waals surface area contributed by atoms with E-state index in [4.69, 9.17) is 0 Å². The minimum absolute atomic E-state index is 0.00216. The predicted octanol–water partition coefficient (Wildman–Crippen LogP) is 1.78. The normalized spacial score (nSPS) is 13.6. The molecule has 0 fully saturated rings. The minimum atomic E-state index is -0.0481. The van der Waals surface area contributed by atoms with Crippen molar-refractivity contribution in [3.8, 4) is 0 Å². The molecular weight excluding hydrogens is 204 g/mol. The zero-order valence-corrected chi connectivity index (χ0v) is 9.33. The minimum Gasteiger partial charge on any atom is -0.326 e. The van der Waals surface area contributed by atoms with Crippen molar-refractivity contribution < 1.29 is 9.59 Å². The van der Waals surface area contributed by atoms with Crippen LogP contribution in [0.3, 0.4) is 0 Å². The highest BCUT2D eigenvalue weighted by Crippen LogP contribution is 2.26. The molecule has 1 aliphatic rings. The van der Waals surface area contributed by atoms with E-state index in [1.165, 1.54) is 0 Å². The van der Waals surface area contributed by atoms with Crippen LogP contribution in [0.1, 0.15) is 19.4 Å². The van der Waals surface area contributed by atoms with E-state index in [-0.39, 0.29) is 17.7 Å². The van der Waals surface area contributed by atoms with Gasteiger partial charge in [-0.2, -0.15) is 0 Å². The number of carbonyl (C=O) groups excluding carboxylic acids is 2. The highest BCUT2D eigenvalue weighted by Gasteiger charge is 2.18. The van der Waals surface area contributed by atoms with Gasteiger partial charge in [-0.25, -0.2) is 0 Å². The fourth-order valence-electron chi connectivity index (χ4n) is 1.59. The Bertz CT molecular complexity index is 452. The lowest BCUT2D eigenvalue weighted by Crippen LogP contribution is -2.17. The summed E-state index contributed by atoms with van der Waals surface area (Å²) in [4.78, 5) is 22.6. The number of amides is 2. The first-order valence-corrected chi connectivity index (χ1v) is 5.30. The third-order valence-corrected chi connectivity index (χ3v) is 2.52. The molecule has 0 bridgehead atoms. The third-order valence-electron chi connectivity index (χ3n) is 2.52. The van der Waals surface area contributed by atoms with Crippen molar-refractivity contribution in [3.05, 3.63) is 23.8 Å². The van der Waals surface area contributed by atoms with Crippen LogP contribution in [0.15, 0.2) is 18.2 Å². The number of hydrogen-bond acceptors (Lipinski definition) is 2. The van der Waals surface area contributed by atoms with E-state index in [0.29, 0.717) is 6.42 Å². The summed E-state index contributed by atoms with van der Waals surface area (Å²) >= 11 is 0. The zero-order chi connectivity index (χ0) is 11.7. The zero-order valence-electron chi connectivity index (χ0n) is 9.33. The molecule has 1 heterocycles. The van der Waals surface area contributed by atoms with Gasteiger partial charge in [-0.3, -0.25) is 9.59 Å². The molecule has 0 saturated carbocycles. The van der Waals surface area contributed by atoms with Crippen LogP contribution in [0.5, 0.6) is 0 Å². The Hall–Kier alpha value is -1.84. The Balaban J connectivity index is 2.17. The Morgan fingerprint density at radius 3 is 2.88 bits per heavy atom. The first-order chi connectivity index (χ1) is 7.56. The second-order valence-electron chi connectivity index (χ2n) is 4.24. The predicted molar refractivity (Wildman–Crippen MR) is 62.2 cm³/mol. The molecule has 2 N–H and O–H groups in total. The highest BCUT2D eigenvalue weighted by molar-refractivity contribution is 6.00. The lowest BCUT2D eigenvalue weighted by molar-refractivity contribution is -0.119. The monoisotopic (exact) mass is 218 g/mol. The van der Waals surface area contributed by atoms with Gasteiger partial charge in [0.25, 0.3) is 0 Å². The van der Waals surface area contributed by atoms with Crippen molar-refractivity contribution in [3.63, 3.8) is 0 Å². The van der Waals surface area contributed by atoms with Crippen molar-refractivity contribution >= 4 is 23.2 Å². The topological polar surface area (TPSA) is 58.2 Å². The molecule has 1 aliphatic heterocycles. The second-order valence-corrected chi connectivity index (χ2v) is 4.24. The standard InChI is InChI=1S/C12H14N2O2/c1-7(2)12(16)13-9-3-4-10-8(5-9)6-11(15)14-10/h3-5,7H,6H2,1-2H3,(H,13,16)(H,14,15). The van der Waals surface area contributed by atoms with Crippen molar-refractivity contribution in [2.75, 3.05) is 10.6 Å². The van der Waals surface area contributed by atoms with Gasteiger partial charge in [0, 0.05) is 17.3 Å². The molecule has 4 heteroatoms. The summed E-state index contributed by atoms with van der Waals surface area (Å²) in [5, 5.41) is 5.56. The van der Waals surface area contributed by atoms with Crippen LogP contribution in [-0.2, 0) is 16.0 Å². The van der Waals surface area contributed by atoms with E-state index in [9.17, 15) is 9.59 Å². The van der Waals surface area contributed by atoms with Crippen LogP contribution >= 0.6 is 0 Å². The van der Waals surface area contributed by atoms with Crippen LogP contribution in [0.2, 0.25) is 0 Å². The molecule has 0 spiro atoms. The number of carbonyl (C=O) groups is 2. The number of anilines is 2. The maximum atomic E-state index is 11.5. The van der Waals surface area contributed by atoms with E-state index in [2.05, 4.69) is 10.6 Å². The highest BCUT2D eigenvalue weighted by atomic mass is 16.2. The number of benzene rings is 1. The van der Waals surface area contributed by atoms with Gasteiger partial charge < -0.3 is 10.6 Å². The van der Waals surface area contributed by atoms with E-state index in [1.807, 2.05) is 26.0 Å². The fourth-order valence-corrected chi connectivity index (χ4v) is 1.59. The first-order valence-electron chi connectivity index (χ1n) is 5.30. The van der Waals surface area contributed by atoms with Gasteiger partial charge in [-0.1, -0.05) is 13.8 Å². The van der Waals surface area contributed by atoms with Crippen molar-refractivity contribution in [1.82, 2.24) is 0 Å². The number of fused-ring (bicyclic) bond motifs is 1. The number of hydrogen-bond donors (Lipinski definition) is 2. The maximum absolute atomic E-state index is 11.5. The summed E-state index contributed by atoms with van der Waals surface area (Å²) in [6.45, 7) is 3.68. The maximum Gasteiger partial charge on any atom is 0.228 e. The molecule has 0 aliphatic carbocycles. The van der Waals surface area contributed by atoms with Gasteiger partial charge in [0.1, 0.15) is 0 Å². The second kappa shape index (κ2) is 3.96. The van der Waals surface area contributed by atoms with Crippen molar-refractivity contribution in [1.29, 1.82) is 0 Å². The molecule has 16 heavy (non-hydrogen) atoms. The Kier molecular flexibility index (Phi) is 2.64. The molecule has 0 aromatic heterocycles. The molecule has 2 rings (SSSR count). The lowest BCUT2D eigenvalue weighted by atomic mass is 10.1. The smallest absolute Gasteiger partial charge is 0.228 e. The average Bonchev–Trinajstić information content (AvgIpc) is 2.57. The fraction of sp³-hybridized carbons (Fsp3) is 0.333. The van der Waals surface area contributed by atoms with E-state index < -0.39 is 0 Å². The van der Waals surface area contributed by atoms with Gasteiger partial charge in [-0.05, 0) is 23.8 Å². The molecule has 0 unspecified atom stereocenters. The Labute approximate surface area is 94.0 Å². The summed E-state index contributed by atoms with van der Waals surface area (Å²) in [6.07, 6.45) is 0.390. The molecule has 2 amide bonds. The van der Waals surface area contributed by atoms with Gasteiger partial charge in [0.05, 0.1) is 6.42 Å². The van der Waals surface area contributed by atoms with Crippen molar-refractivity contribution in [2.24, 2.45) is 5.92 Å². The molecule has 84 valence electrons. The SMILES string of the molecule is CC(C)C(=O)Nc1ccc2c(c1)CC(=O)N2.